The zero-order valence-corrected chi connectivity index (χ0v) is 15.9. The Labute approximate surface area is 163 Å². The summed E-state index contributed by atoms with van der Waals surface area (Å²) in [5.74, 6) is 0. The van der Waals surface area contributed by atoms with Gasteiger partial charge in [0.2, 0.25) is 0 Å². The number of H-pyrrole nitrogens is 1. The maximum Gasteiger partial charge on any atom is 0.280 e. The van der Waals surface area contributed by atoms with Gasteiger partial charge in [-0.15, -0.1) is 0 Å². The molecule has 0 bridgehead atoms. The third-order valence-corrected chi connectivity index (χ3v) is 4.72. The minimum atomic E-state index is -0.0952. The Kier molecular flexibility index (Phi) is 4.77. The van der Waals surface area contributed by atoms with Gasteiger partial charge in [0, 0.05) is 11.3 Å². The second-order valence-electron chi connectivity index (χ2n) is 6.67. The molecule has 4 aromatic rings. The standard InChI is InChI=1S/C24H21N3O/c1-17(23-18(2)26-27(24(23)28)20-13-7-4-8-14-20)25-22-16-10-9-15-21(22)19-11-5-3-6-12-19/h3-16,26H,1-2H3. The number of aromatic amines is 1. The molecule has 0 saturated heterocycles. The third-order valence-electron chi connectivity index (χ3n) is 4.72. The Morgan fingerprint density at radius 2 is 1.46 bits per heavy atom. The maximum atomic E-state index is 13.0. The summed E-state index contributed by atoms with van der Waals surface area (Å²) in [4.78, 5) is 17.8. The van der Waals surface area contributed by atoms with Crippen LogP contribution >= 0.6 is 0 Å². The van der Waals surface area contributed by atoms with Crippen molar-refractivity contribution in [3.05, 3.63) is 107 Å². The van der Waals surface area contributed by atoms with Crippen LogP contribution in [-0.2, 0) is 0 Å². The van der Waals surface area contributed by atoms with Crippen LogP contribution in [0.15, 0.2) is 94.7 Å². The average Bonchev–Trinajstić information content (AvgIpc) is 3.04. The van der Waals surface area contributed by atoms with E-state index in [0.717, 1.165) is 28.2 Å². The summed E-state index contributed by atoms with van der Waals surface area (Å²) in [5, 5.41) is 3.17. The summed E-state index contributed by atoms with van der Waals surface area (Å²) in [6.07, 6.45) is 0. The van der Waals surface area contributed by atoms with E-state index < -0.39 is 0 Å². The highest BCUT2D eigenvalue weighted by Gasteiger charge is 2.15. The molecule has 0 aliphatic carbocycles. The number of nitrogens with zero attached hydrogens (tertiary/aromatic N) is 2. The molecule has 1 aromatic heterocycles. The minimum Gasteiger partial charge on any atom is -0.295 e. The Morgan fingerprint density at radius 1 is 0.857 bits per heavy atom. The molecule has 4 nitrogen and oxygen atoms in total. The van der Waals surface area contributed by atoms with Gasteiger partial charge in [-0.2, -0.15) is 0 Å². The molecule has 4 rings (SSSR count). The minimum absolute atomic E-state index is 0.0952. The number of aliphatic imine (C=N–C) groups is 1. The molecule has 0 saturated carbocycles. The van der Waals surface area contributed by atoms with Gasteiger partial charge in [0.05, 0.1) is 22.6 Å². The number of aromatic nitrogens is 2. The maximum absolute atomic E-state index is 13.0. The van der Waals surface area contributed by atoms with Crippen LogP contribution in [0.2, 0.25) is 0 Å². The molecule has 1 N–H and O–H groups in total. The SMILES string of the molecule is CC(=Nc1ccccc1-c1ccccc1)c1c(C)[nH]n(-c2ccccc2)c1=O. The number of hydrogen-bond donors (Lipinski definition) is 1. The van der Waals surface area contributed by atoms with Crippen molar-refractivity contribution in [1.82, 2.24) is 9.78 Å². The fraction of sp³-hybridized carbons (Fsp3) is 0.0833. The smallest absolute Gasteiger partial charge is 0.280 e. The van der Waals surface area contributed by atoms with E-state index in [2.05, 4.69) is 17.2 Å². The third kappa shape index (κ3) is 3.32. The van der Waals surface area contributed by atoms with Crippen molar-refractivity contribution in [2.45, 2.75) is 13.8 Å². The fourth-order valence-electron chi connectivity index (χ4n) is 3.40. The van der Waals surface area contributed by atoms with Crippen molar-refractivity contribution in [3.63, 3.8) is 0 Å². The molecule has 0 spiro atoms. The highest BCUT2D eigenvalue weighted by atomic mass is 16.1. The molecule has 3 aromatic carbocycles. The summed E-state index contributed by atoms with van der Waals surface area (Å²) in [7, 11) is 0. The Morgan fingerprint density at radius 3 is 2.18 bits per heavy atom. The van der Waals surface area contributed by atoms with Gasteiger partial charge in [0.15, 0.2) is 0 Å². The fourth-order valence-corrected chi connectivity index (χ4v) is 3.40. The van der Waals surface area contributed by atoms with Gasteiger partial charge in [-0.05, 0) is 37.6 Å². The van der Waals surface area contributed by atoms with E-state index >= 15 is 0 Å². The van der Waals surface area contributed by atoms with Gasteiger partial charge in [0.25, 0.3) is 5.56 Å². The first kappa shape index (κ1) is 17.7. The van der Waals surface area contributed by atoms with E-state index in [-0.39, 0.29) is 5.56 Å². The van der Waals surface area contributed by atoms with E-state index in [4.69, 9.17) is 4.99 Å². The predicted molar refractivity (Wildman–Crippen MR) is 115 cm³/mol. The summed E-state index contributed by atoms with van der Waals surface area (Å²) >= 11 is 0. The number of aryl methyl sites for hydroxylation is 1. The van der Waals surface area contributed by atoms with E-state index in [1.165, 1.54) is 0 Å². The lowest BCUT2D eigenvalue weighted by Gasteiger charge is -2.07. The Bertz CT molecular complexity index is 1190. The van der Waals surface area contributed by atoms with Crippen LogP contribution < -0.4 is 5.56 Å². The van der Waals surface area contributed by atoms with Gasteiger partial charge in [-0.1, -0.05) is 66.7 Å². The lowest BCUT2D eigenvalue weighted by Crippen LogP contribution is -2.19. The van der Waals surface area contributed by atoms with E-state index in [1.54, 1.807) is 4.68 Å². The zero-order valence-electron chi connectivity index (χ0n) is 15.9. The molecule has 1 heterocycles. The molecule has 138 valence electrons. The van der Waals surface area contributed by atoms with Crippen LogP contribution in [-0.4, -0.2) is 15.5 Å². The first-order valence-corrected chi connectivity index (χ1v) is 9.22. The summed E-state index contributed by atoms with van der Waals surface area (Å²) in [6.45, 7) is 3.78. The van der Waals surface area contributed by atoms with Crippen molar-refractivity contribution in [3.8, 4) is 16.8 Å². The Hall–Kier alpha value is -3.66. The normalized spacial score (nSPS) is 11.6. The quantitative estimate of drug-likeness (QED) is 0.490. The van der Waals surface area contributed by atoms with Crippen LogP contribution in [0.1, 0.15) is 18.2 Å². The first-order chi connectivity index (χ1) is 13.6. The van der Waals surface area contributed by atoms with Crippen LogP contribution in [0.4, 0.5) is 5.69 Å². The van der Waals surface area contributed by atoms with Crippen LogP contribution in [0.3, 0.4) is 0 Å². The molecule has 0 amide bonds. The second-order valence-corrected chi connectivity index (χ2v) is 6.67. The number of nitrogens with one attached hydrogen (secondary N) is 1. The highest BCUT2D eigenvalue weighted by Crippen LogP contribution is 2.30. The molecule has 0 unspecified atom stereocenters. The first-order valence-electron chi connectivity index (χ1n) is 9.22. The van der Waals surface area contributed by atoms with Gasteiger partial charge in [0.1, 0.15) is 0 Å². The molecule has 0 radical (unpaired) electrons. The number of para-hydroxylation sites is 2. The highest BCUT2D eigenvalue weighted by molar-refractivity contribution is 6.01. The van der Waals surface area contributed by atoms with Crippen LogP contribution in [0.25, 0.3) is 16.8 Å². The molecule has 0 atom stereocenters. The molecule has 0 aliphatic rings. The Balaban J connectivity index is 1.80. The molecular weight excluding hydrogens is 346 g/mol. The van der Waals surface area contributed by atoms with Gasteiger partial charge >= 0.3 is 0 Å². The lowest BCUT2D eigenvalue weighted by atomic mass is 10.0. The lowest BCUT2D eigenvalue weighted by molar-refractivity contribution is 0.835. The monoisotopic (exact) mass is 367 g/mol. The van der Waals surface area contributed by atoms with Crippen LogP contribution in [0, 0.1) is 6.92 Å². The van der Waals surface area contributed by atoms with Gasteiger partial charge in [-0.25, -0.2) is 4.68 Å². The number of benzene rings is 3. The van der Waals surface area contributed by atoms with Crippen molar-refractivity contribution in [1.29, 1.82) is 0 Å². The summed E-state index contributed by atoms with van der Waals surface area (Å²) in [6, 6.07) is 27.7. The van der Waals surface area contributed by atoms with E-state index in [9.17, 15) is 4.79 Å². The van der Waals surface area contributed by atoms with Crippen LogP contribution in [0.5, 0.6) is 0 Å². The van der Waals surface area contributed by atoms with Crippen molar-refractivity contribution < 1.29 is 0 Å². The molecule has 28 heavy (non-hydrogen) atoms. The van der Waals surface area contributed by atoms with Crippen molar-refractivity contribution >= 4 is 11.4 Å². The summed E-state index contributed by atoms with van der Waals surface area (Å²) < 4.78 is 1.56. The number of hydrogen-bond acceptors (Lipinski definition) is 2. The summed E-state index contributed by atoms with van der Waals surface area (Å²) in [5.41, 5.74) is 5.79. The average molecular weight is 367 g/mol. The number of rotatable bonds is 4. The van der Waals surface area contributed by atoms with Gasteiger partial charge in [-0.3, -0.25) is 14.9 Å². The molecule has 4 heteroatoms. The molecular formula is C24H21N3O. The molecule has 0 fully saturated rings. The van der Waals surface area contributed by atoms with Gasteiger partial charge < -0.3 is 0 Å². The molecule has 0 aliphatic heterocycles. The zero-order chi connectivity index (χ0) is 19.5. The van der Waals surface area contributed by atoms with Crippen molar-refractivity contribution in [2.24, 2.45) is 4.99 Å². The predicted octanol–water partition coefficient (Wildman–Crippen LogP) is 5.28. The largest absolute Gasteiger partial charge is 0.295 e. The second kappa shape index (κ2) is 7.53. The van der Waals surface area contributed by atoms with E-state index in [1.807, 2.05) is 86.6 Å². The van der Waals surface area contributed by atoms with Crippen molar-refractivity contribution in [2.75, 3.05) is 0 Å². The topological polar surface area (TPSA) is 50.1 Å². The van der Waals surface area contributed by atoms with E-state index in [0.29, 0.717) is 11.3 Å².